The largest absolute Gasteiger partial charge is 0.378 e. The Morgan fingerprint density at radius 2 is 2.33 bits per heavy atom. The molecular weight excluding hydrogens is 188 g/mol. The van der Waals surface area contributed by atoms with Crippen molar-refractivity contribution < 1.29 is 4.74 Å². The van der Waals surface area contributed by atoms with Crippen molar-refractivity contribution in [3.05, 3.63) is 0 Å². The predicted molar refractivity (Wildman–Crippen MR) is 62.0 cm³/mol. The van der Waals surface area contributed by atoms with E-state index in [1.807, 2.05) is 0 Å². The highest BCUT2D eigenvalue weighted by Gasteiger charge is 2.31. The third-order valence-corrected chi connectivity index (χ3v) is 3.52. The van der Waals surface area contributed by atoms with E-state index in [2.05, 4.69) is 24.1 Å². The van der Waals surface area contributed by atoms with Crippen LogP contribution in [0.15, 0.2) is 0 Å². The van der Waals surface area contributed by atoms with E-state index in [1.54, 1.807) is 0 Å². The van der Waals surface area contributed by atoms with E-state index in [-0.39, 0.29) is 0 Å². The third-order valence-electron chi connectivity index (χ3n) is 3.52. The second-order valence-electron chi connectivity index (χ2n) is 5.24. The van der Waals surface area contributed by atoms with Crippen LogP contribution < -0.4 is 5.32 Å². The monoisotopic (exact) mass is 212 g/mol. The lowest BCUT2D eigenvalue weighted by atomic mass is 10.0. The molecule has 2 fully saturated rings. The molecule has 3 heteroatoms. The Morgan fingerprint density at radius 1 is 1.47 bits per heavy atom. The molecule has 15 heavy (non-hydrogen) atoms. The van der Waals surface area contributed by atoms with Gasteiger partial charge >= 0.3 is 0 Å². The Morgan fingerprint density at radius 3 is 3.13 bits per heavy atom. The molecule has 0 aromatic rings. The SMILES string of the molecule is CC(C)CC1CNCCC2COCCN21. The van der Waals surface area contributed by atoms with Crippen molar-refractivity contribution >= 4 is 0 Å². The first-order valence-electron chi connectivity index (χ1n) is 6.31. The zero-order chi connectivity index (χ0) is 10.7. The predicted octanol–water partition coefficient (Wildman–Crippen LogP) is 1.10. The molecule has 2 aliphatic heterocycles. The van der Waals surface area contributed by atoms with Crippen LogP contribution in [-0.2, 0) is 4.74 Å². The molecule has 3 nitrogen and oxygen atoms in total. The van der Waals surface area contributed by atoms with Crippen molar-refractivity contribution in [2.75, 3.05) is 32.8 Å². The molecule has 0 amide bonds. The summed E-state index contributed by atoms with van der Waals surface area (Å²) in [7, 11) is 0. The van der Waals surface area contributed by atoms with Gasteiger partial charge in [0.1, 0.15) is 0 Å². The van der Waals surface area contributed by atoms with Crippen LogP contribution in [0.5, 0.6) is 0 Å². The lowest BCUT2D eigenvalue weighted by Gasteiger charge is -2.39. The molecule has 0 bridgehead atoms. The van der Waals surface area contributed by atoms with Gasteiger partial charge in [-0.05, 0) is 25.3 Å². The van der Waals surface area contributed by atoms with Crippen molar-refractivity contribution in [2.45, 2.75) is 38.8 Å². The number of rotatable bonds is 2. The maximum Gasteiger partial charge on any atom is 0.0623 e. The van der Waals surface area contributed by atoms with E-state index in [0.717, 1.165) is 44.8 Å². The Bertz CT molecular complexity index is 196. The highest BCUT2D eigenvalue weighted by atomic mass is 16.5. The van der Waals surface area contributed by atoms with Crippen LogP contribution in [-0.4, -0.2) is 49.8 Å². The summed E-state index contributed by atoms with van der Waals surface area (Å²) in [5.41, 5.74) is 0. The van der Waals surface area contributed by atoms with Gasteiger partial charge in [0.25, 0.3) is 0 Å². The Kier molecular flexibility index (Phi) is 4.00. The molecule has 2 aliphatic rings. The second-order valence-corrected chi connectivity index (χ2v) is 5.24. The fraction of sp³-hybridized carbons (Fsp3) is 1.00. The van der Waals surface area contributed by atoms with Crippen LogP contribution in [0.3, 0.4) is 0 Å². The summed E-state index contributed by atoms with van der Waals surface area (Å²) in [4.78, 5) is 2.68. The molecule has 0 spiro atoms. The van der Waals surface area contributed by atoms with E-state index in [4.69, 9.17) is 4.74 Å². The van der Waals surface area contributed by atoms with Crippen molar-refractivity contribution in [1.82, 2.24) is 10.2 Å². The van der Waals surface area contributed by atoms with E-state index >= 15 is 0 Å². The fourth-order valence-corrected chi connectivity index (χ4v) is 2.81. The van der Waals surface area contributed by atoms with Crippen LogP contribution in [0.2, 0.25) is 0 Å². The molecule has 2 atom stereocenters. The lowest BCUT2D eigenvalue weighted by molar-refractivity contribution is -0.0278. The average molecular weight is 212 g/mol. The molecule has 0 aromatic heterocycles. The van der Waals surface area contributed by atoms with Crippen molar-refractivity contribution in [2.24, 2.45) is 5.92 Å². The zero-order valence-corrected chi connectivity index (χ0v) is 10.0. The number of nitrogens with one attached hydrogen (secondary N) is 1. The molecule has 0 aromatic carbocycles. The summed E-state index contributed by atoms with van der Waals surface area (Å²) in [6.45, 7) is 9.94. The Hall–Kier alpha value is -0.120. The van der Waals surface area contributed by atoms with E-state index in [9.17, 15) is 0 Å². The molecule has 2 saturated heterocycles. The topological polar surface area (TPSA) is 24.5 Å². The quantitative estimate of drug-likeness (QED) is 0.742. The first kappa shape index (κ1) is 11.4. The molecule has 2 rings (SSSR count). The van der Waals surface area contributed by atoms with Gasteiger partial charge < -0.3 is 10.1 Å². The zero-order valence-electron chi connectivity index (χ0n) is 10.0. The smallest absolute Gasteiger partial charge is 0.0623 e. The average Bonchev–Trinajstić information content (AvgIpc) is 2.41. The van der Waals surface area contributed by atoms with Crippen LogP contribution in [0, 0.1) is 5.92 Å². The Balaban J connectivity index is 1.99. The van der Waals surface area contributed by atoms with Crippen LogP contribution in [0.4, 0.5) is 0 Å². The normalized spacial score (nSPS) is 33.8. The van der Waals surface area contributed by atoms with Crippen molar-refractivity contribution in [3.63, 3.8) is 0 Å². The molecule has 0 aliphatic carbocycles. The van der Waals surface area contributed by atoms with Crippen LogP contribution in [0.25, 0.3) is 0 Å². The Labute approximate surface area is 93.2 Å². The van der Waals surface area contributed by atoms with Gasteiger partial charge in [-0.1, -0.05) is 13.8 Å². The number of morpholine rings is 1. The number of fused-ring (bicyclic) bond motifs is 1. The summed E-state index contributed by atoms with van der Waals surface area (Å²) in [5, 5.41) is 3.56. The first-order valence-corrected chi connectivity index (χ1v) is 6.31. The van der Waals surface area contributed by atoms with E-state index < -0.39 is 0 Å². The highest BCUT2D eigenvalue weighted by Crippen LogP contribution is 2.20. The van der Waals surface area contributed by atoms with Crippen LogP contribution in [0.1, 0.15) is 26.7 Å². The third kappa shape index (κ3) is 2.92. The van der Waals surface area contributed by atoms with Gasteiger partial charge in [-0.15, -0.1) is 0 Å². The molecular formula is C12H24N2O. The van der Waals surface area contributed by atoms with E-state index in [0.29, 0.717) is 6.04 Å². The fourth-order valence-electron chi connectivity index (χ4n) is 2.81. The maximum atomic E-state index is 5.58. The summed E-state index contributed by atoms with van der Waals surface area (Å²) in [6, 6.07) is 1.39. The van der Waals surface area contributed by atoms with E-state index in [1.165, 1.54) is 12.8 Å². The molecule has 1 N–H and O–H groups in total. The molecule has 0 saturated carbocycles. The van der Waals surface area contributed by atoms with Gasteiger partial charge in [-0.25, -0.2) is 0 Å². The van der Waals surface area contributed by atoms with Gasteiger partial charge in [0.05, 0.1) is 13.2 Å². The van der Waals surface area contributed by atoms with Crippen LogP contribution >= 0.6 is 0 Å². The standard InChI is InChI=1S/C12H24N2O/c1-10(2)7-12-8-13-4-3-11-9-15-6-5-14(11)12/h10-13H,3-9H2,1-2H3. The molecule has 2 unspecified atom stereocenters. The van der Waals surface area contributed by atoms with Gasteiger partial charge in [0.2, 0.25) is 0 Å². The minimum Gasteiger partial charge on any atom is -0.378 e. The van der Waals surface area contributed by atoms with Gasteiger partial charge in [-0.3, -0.25) is 4.90 Å². The maximum absolute atomic E-state index is 5.58. The second kappa shape index (κ2) is 5.28. The van der Waals surface area contributed by atoms with Gasteiger partial charge in [-0.2, -0.15) is 0 Å². The minimum absolute atomic E-state index is 0.664. The number of ether oxygens (including phenoxy) is 1. The summed E-state index contributed by atoms with van der Waals surface area (Å²) in [5.74, 6) is 0.790. The summed E-state index contributed by atoms with van der Waals surface area (Å²) >= 11 is 0. The van der Waals surface area contributed by atoms with Crippen molar-refractivity contribution in [1.29, 1.82) is 0 Å². The summed E-state index contributed by atoms with van der Waals surface area (Å²) < 4.78 is 5.58. The first-order chi connectivity index (χ1) is 7.27. The summed E-state index contributed by atoms with van der Waals surface area (Å²) in [6.07, 6.45) is 2.55. The minimum atomic E-state index is 0.664. The number of nitrogens with zero attached hydrogens (tertiary/aromatic N) is 1. The molecule has 0 radical (unpaired) electrons. The number of hydrogen-bond donors (Lipinski definition) is 1. The van der Waals surface area contributed by atoms with Gasteiger partial charge in [0, 0.05) is 25.2 Å². The van der Waals surface area contributed by atoms with Crippen molar-refractivity contribution in [3.8, 4) is 0 Å². The molecule has 88 valence electrons. The van der Waals surface area contributed by atoms with Gasteiger partial charge in [0.15, 0.2) is 0 Å². The molecule has 2 heterocycles. The highest BCUT2D eigenvalue weighted by molar-refractivity contribution is 4.87. The number of hydrogen-bond acceptors (Lipinski definition) is 3. The lowest BCUT2D eigenvalue weighted by Crippen LogP contribution is -2.51.